The Hall–Kier alpha value is -3.36. The number of halogens is 2. The highest BCUT2D eigenvalue weighted by Crippen LogP contribution is 2.33. The number of furan rings is 1. The number of amides is 3. The molecule has 6 nitrogen and oxygen atoms in total. The van der Waals surface area contributed by atoms with Gasteiger partial charge >= 0.3 is 0 Å². The van der Waals surface area contributed by atoms with Gasteiger partial charge in [0, 0.05) is 22.3 Å². The molecule has 1 saturated heterocycles. The molecule has 156 valence electrons. The minimum atomic E-state index is -0.582. The number of imide groups is 1. The maximum atomic E-state index is 13.1. The third kappa shape index (κ3) is 4.87. The van der Waals surface area contributed by atoms with E-state index in [4.69, 9.17) is 16.0 Å². The summed E-state index contributed by atoms with van der Waals surface area (Å²) in [6.45, 7) is -0.413. The Kier molecular flexibility index (Phi) is 5.92. The Bertz CT molecular complexity index is 1190. The van der Waals surface area contributed by atoms with Gasteiger partial charge in [0.05, 0.1) is 4.91 Å². The Labute approximate surface area is 185 Å². The summed E-state index contributed by atoms with van der Waals surface area (Å²) in [7, 11) is 0. The highest BCUT2D eigenvalue weighted by atomic mass is 35.5. The van der Waals surface area contributed by atoms with Gasteiger partial charge in [0.1, 0.15) is 23.9 Å². The van der Waals surface area contributed by atoms with Gasteiger partial charge in [0.15, 0.2) is 0 Å². The molecular formula is C22H14ClFN2O4S. The van der Waals surface area contributed by atoms with Crippen molar-refractivity contribution >= 4 is 52.2 Å². The van der Waals surface area contributed by atoms with Crippen LogP contribution in [0.5, 0.6) is 0 Å². The second kappa shape index (κ2) is 8.79. The first-order valence-corrected chi connectivity index (χ1v) is 10.2. The van der Waals surface area contributed by atoms with E-state index in [1.165, 1.54) is 18.2 Å². The topological polar surface area (TPSA) is 79.6 Å². The number of benzene rings is 2. The zero-order valence-corrected chi connectivity index (χ0v) is 17.4. The van der Waals surface area contributed by atoms with Gasteiger partial charge in [-0.05, 0) is 72.4 Å². The monoisotopic (exact) mass is 456 g/mol. The summed E-state index contributed by atoms with van der Waals surface area (Å²) in [4.78, 5) is 38.1. The van der Waals surface area contributed by atoms with Crippen molar-refractivity contribution in [2.75, 3.05) is 11.9 Å². The van der Waals surface area contributed by atoms with Crippen LogP contribution in [0.2, 0.25) is 5.02 Å². The number of hydrogen-bond acceptors (Lipinski definition) is 5. The molecule has 3 aromatic rings. The van der Waals surface area contributed by atoms with E-state index < -0.39 is 23.6 Å². The lowest BCUT2D eigenvalue weighted by Crippen LogP contribution is -2.36. The fourth-order valence-electron chi connectivity index (χ4n) is 2.84. The molecule has 0 unspecified atom stereocenters. The Morgan fingerprint density at radius 3 is 2.48 bits per heavy atom. The summed E-state index contributed by atoms with van der Waals surface area (Å²) in [5.74, 6) is -0.601. The second-order valence-corrected chi connectivity index (χ2v) is 7.96. The number of nitrogens with one attached hydrogen (secondary N) is 1. The number of carbonyl (C=O) groups excluding carboxylic acids is 3. The van der Waals surface area contributed by atoms with E-state index in [9.17, 15) is 18.8 Å². The summed E-state index contributed by atoms with van der Waals surface area (Å²) in [5.41, 5.74) is 1.17. The highest BCUT2D eigenvalue weighted by Gasteiger charge is 2.36. The predicted octanol–water partition coefficient (Wildman–Crippen LogP) is 5.41. The van der Waals surface area contributed by atoms with Gasteiger partial charge in [0.25, 0.3) is 11.1 Å². The van der Waals surface area contributed by atoms with Crippen LogP contribution in [0.25, 0.3) is 17.4 Å². The average molecular weight is 457 g/mol. The highest BCUT2D eigenvalue weighted by molar-refractivity contribution is 8.18. The summed E-state index contributed by atoms with van der Waals surface area (Å²) < 4.78 is 18.7. The lowest BCUT2D eigenvalue weighted by atomic mass is 10.2. The minimum absolute atomic E-state index is 0.143. The zero-order chi connectivity index (χ0) is 22.0. The first kappa shape index (κ1) is 20.9. The van der Waals surface area contributed by atoms with E-state index >= 15 is 0 Å². The van der Waals surface area contributed by atoms with Crippen molar-refractivity contribution in [3.8, 4) is 11.3 Å². The molecule has 0 bridgehead atoms. The van der Waals surface area contributed by atoms with E-state index in [1.807, 2.05) is 0 Å². The summed E-state index contributed by atoms with van der Waals surface area (Å²) in [5, 5.41) is 2.58. The van der Waals surface area contributed by atoms with Gasteiger partial charge in [-0.25, -0.2) is 4.39 Å². The van der Waals surface area contributed by atoms with Crippen LogP contribution in [0, 0.1) is 5.82 Å². The van der Waals surface area contributed by atoms with Crippen LogP contribution >= 0.6 is 23.4 Å². The molecular weight excluding hydrogens is 443 g/mol. The lowest BCUT2D eigenvalue weighted by Gasteiger charge is -2.12. The molecule has 1 N–H and O–H groups in total. The predicted molar refractivity (Wildman–Crippen MR) is 117 cm³/mol. The van der Waals surface area contributed by atoms with E-state index in [1.54, 1.807) is 48.5 Å². The average Bonchev–Trinajstić information content (AvgIpc) is 3.31. The fraction of sp³-hybridized carbons (Fsp3) is 0.0455. The third-order valence-corrected chi connectivity index (χ3v) is 5.49. The molecule has 1 fully saturated rings. The van der Waals surface area contributed by atoms with E-state index in [-0.39, 0.29) is 10.7 Å². The van der Waals surface area contributed by atoms with Crippen molar-refractivity contribution < 1.29 is 23.2 Å². The van der Waals surface area contributed by atoms with Crippen LogP contribution < -0.4 is 5.32 Å². The van der Waals surface area contributed by atoms with Gasteiger partial charge in [-0.2, -0.15) is 0 Å². The molecule has 3 amide bonds. The largest absolute Gasteiger partial charge is 0.457 e. The Morgan fingerprint density at radius 2 is 1.77 bits per heavy atom. The van der Waals surface area contributed by atoms with Crippen LogP contribution in [0.4, 0.5) is 14.9 Å². The summed E-state index contributed by atoms with van der Waals surface area (Å²) in [6.07, 6.45) is 1.44. The number of rotatable bonds is 5. The normalized spacial score (nSPS) is 15.0. The molecule has 31 heavy (non-hydrogen) atoms. The van der Waals surface area contributed by atoms with Gasteiger partial charge in [-0.1, -0.05) is 11.6 Å². The van der Waals surface area contributed by atoms with Crippen LogP contribution in [0.1, 0.15) is 5.76 Å². The maximum absolute atomic E-state index is 13.1. The standard InChI is InChI=1S/C22H14ClFN2O4S/c23-14-3-7-16(8-4-14)25-20(27)12-26-21(28)19(31-22(26)29)11-17-9-10-18(30-17)13-1-5-15(24)6-2-13/h1-11H,12H2,(H,25,27)/b19-11-. The van der Waals surface area contributed by atoms with Crippen LogP contribution in [0.15, 0.2) is 70.0 Å². The van der Waals surface area contributed by atoms with Gasteiger partial charge in [-0.15, -0.1) is 0 Å². The molecule has 1 aliphatic heterocycles. The molecule has 1 aromatic heterocycles. The van der Waals surface area contributed by atoms with Crippen LogP contribution in [-0.4, -0.2) is 28.5 Å². The number of anilines is 1. The minimum Gasteiger partial charge on any atom is -0.457 e. The molecule has 0 aliphatic carbocycles. The van der Waals surface area contributed by atoms with Gasteiger partial charge in [-0.3, -0.25) is 19.3 Å². The van der Waals surface area contributed by atoms with E-state index in [0.717, 1.165) is 16.7 Å². The third-order valence-electron chi connectivity index (χ3n) is 4.33. The quantitative estimate of drug-likeness (QED) is 0.519. The first-order valence-electron chi connectivity index (χ1n) is 9.05. The van der Waals surface area contributed by atoms with Crippen molar-refractivity contribution in [3.05, 3.63) is 82.2 Å². The maximum Gasteiger partial charge on any atom is 0.294 e. The summed E-state index contributed by atoms with van der Waals surface area (Å²) >= 11 is 6.53. The summed E-state index contributed by atoms with van der Waals surface area (Å²) in [6, 6.07) is 15.6. The molecule has 0 saturated carbocycles. The first-order chi connectivity index (χ1) is 14.9. The SMILES string of the molecule is O=C(CN1C(=O)S/C(=C\c2ccc(-c3ccc(F)cc3)o2)C1=O)Nc1ccc(Cl)cc1. The van der Waals surface area contributed by atoms with Crippen molar-refractivity contribution in [1.29, 1.82) is 0 Å². The molecule has 4 rings (SSSR count). The molecule has 0 atom stereocenters. The molecule has 2 heterocycles. The fourth-order valence-corrected chi connectivity index (χ4v) is 3.79. The molecule has 2 aromatic carbocycles. The molecule has 9 heteroatoms. The van der Waals surface area contributed by atoms with E-state index in [2.05, 4.69) is 5.32 Å². The van der Waals surface area contributed by atoms with Crippen molar-refractivity contribution in [3.63, 3.8) is 0 Å². The molecule has 1 aliphatic rings. The smallest absolute Gasteiger partial charge is 0.294 e. The lowest BCUT2D eigenvalue weighted by molar-refractivity contribution is -0.127. The van der Waals surface area contributed by atoms with Gasteiger partial charge < -0.3 is 9.73 Å². The van der Waals surface area contributed by atoms with Gasteiger partial charge in [0.2, 0.25) is 5.91 Å². The Morgan fingerprint density at radius 1 is 1.06 bits per heavy atom. The van der Waals surface area contributed by atoms with Crippen molar-refractivity contribution in [2.24, 2.45) is 0 Å². The van der Waals surface area contributed by atoms with E-state index in [0.29, 0.717) is 27.8 Å². The van der Waals surface area contributed by atoms with Crippen LogP contribution in [-0.2, 0) is 9.59 Å². The molecule has 0 radical (unpaired) electrons. The number of thioether (sulfide) groups is 1. The van der Waals surface area contributed by atoms with Crippen molar-refractivity contribution in [2.45, 2.75) is 0 Å². The second-order valence-electron chi connectivity index (χ2n) is 6.53. The molecule has 0 spiro atoms. The van der Waals surface area contributed by atoms with Crippen LogP contribution in [0.3, 0.4) is 0 Å². The Balaban J connectivity index is 1.44. The number of carbonyl (C=O) groups is 3. The number of hydrogen-bond donors (Lipinski definition) is 1. The number of nitrogens with zero attached hydrogens (tertiary/aromatic N) is 1. The zero-order valence-electron chi connectivity index (χ0n) is 15.8. The van der Waals surface area contributed by atoms with Crippen molar-refractivity contribution in [1.82, 2.24) is 4.90 Å².